The maximum absolute atomic E-state index is 13.8. The van der Waals surface area contributed by atoms with Gasteiger partial charge in [0.2, 0.25) is 0 Å². The summed E-state index contributed by atoms with van der Waals surface area (Å²) < 4.78 is 5.51. The molecule has 1 aliphatic carbocycles. The Labute approximate surface area is 180 Å². The highest BCUT2D eigenvalue weighted by Gasteiger charge is 2.52. The molecule has 0 saturated carbocycles. The van der Waals surface area contributed by atoms with Gasteiger partial charge >= 0.3 is 5.97 Å². The smallest absolute Gasteiger partial charge is 0.329 e. The molecule has 5 heteroatoms. The molecule has 0 radical (unpaired) electrons. The molecule has 1 heterocycles. The molecule has 1 aliphatic heterocycles. The van der Waals surface area contributed by atoms with Crippen LogP contribution in [0.1, 0.15) is 29.5 Å². The Hall–Kier alpha value is -3.44. The van der Waals surface area contributed by atoms with Crippen LogP contribution in [-0.2, 0) is 26.5 Å². The van der Waals surface area contributed by atoms with E-state index in [-0.39, 0.29) is 6.61 Å². The Morgan fingerprint density at radius 2 is 1.48 bits per heavy atom. The summed E-state index contributed by atoms with van der Waals surface area (Å²) in [6, 6.07) is 23.6. The Kier molecular flexibility index (Phi) is 4.83. The van der Waals surface area contributed by atoms with Crippen molar-refractivity contribution in [3.05, 3.63) is 95.6 Å². The number of carbonyl (C=O) groups excluding carboxylic acids is 2. The average Bonchev–Trinajstić information content (AvgIpc) is 3.41. The van der Waals surface area contributed by atoms with Crippen LogP contribution in [0.2, 0.25) is 0 Å². The molecule has 5 rings (SSSR count). The summed E-state index contributed by atoms with van der Waals surface area (Å²) >= 11 is 0. The molecule has 5 nitrogen and oxygen atoms in total. The van der Waals surface area contributed by atoms with Crippen LogP contribution in [-0.4, -0.2) is 34.5 Å². The number of carbonyl (C=O) groups is 2. The van der Waals surface area contributed by atoms with Gasteiger partial charge in [0.15, 0.2) is 5.60 Å². The molecule has 1 N–H and O–H groups in total. The van der Waals surface area contributed by atoms with E-state index >= 15 is 0 Å². The van der Waals surface area contributed by atoms with E-state index < -0.39 is 23.5 Å². The number of benzene rings is 3. The molecule has 1 fully saturated rings. The Morgan fingerprint density at radius 1 is 0.903 bits per heavy atom. The second-order valence-corrected chi connectivity index (χ2v) is 8.05. The molecular formula is C26H23NO4. The van der Waals surface area contributed by atoms with Crippen molar-refractivity contribution in [2.45, 2.75) is 31.1 Å². The average molecular weight is 413 g/mol. The Morgan fingerprint density at radius 3 is 2.13 bits per heavy atom. The third-order valence-electron chi connectivity index (χ3n) is 6.24. The molecule has 31 heavy (non-hydrogen) atoms. The molecule has 2 aliphatic rings. The minimum atomic E-state index is -1.81. The van der Waals surface area contributed by atoms with E-state index in [1.54, 1.807) is 12.1 Å². The van der Waals surface area contributed by atoms with Crippen molar-refractivity contribution >= 4 is 11.9 Å². The van der Waals surface area contributed by atoms with Gasteiger partial charge in [-0.25, -0.2) is 4.79 Å². The largest absolute Gasteiger partial charge is 0.459 e. The number of likely N-dealkylation sites (tertiary alicyclic amines) is 1. The van der Waals surface area contributed by atoms with Gasteiger partial charge in [0.05, 0.1) is 0 Å². The van der Waals surface area contributed by atoms with Crippen LogP contribution in [0.4, 0.5) is 0 Å². The van der Waals surface area contributed by atoms with Gasteiger partial charge in [0, 0.05) is 17.7 Å². The molecular weight excluding hydrogens is 390 g/mol. The van der Waals surface area contributed by atoms with Gasteiger partial charge in [-0.1, -0.05) is 78.9 Å². The van der Waals surface area contributed by atoms with Crippen molar-refractivity contribution in [2.24, 2.45) is 0 Å². The zero-order valence-corrected chi connectivity index (χ0v) is 17.0. The Balaban J connectivity index is 1.43. The van der Waals surface area contributed by atoms with Crippen LogP contribution in [0.3, 0.4) is 0 Å². The lowest BCUT2D eigenvalue weighted by atomic mass is 9.89. The SMILES string of the molecule is O=C(OCc1ccccc1)[C@@H]1CCCN1C(=O)C1(O)c2ccccc2-c2ccccc21. The number of ether oxygens (including phenoxy) is 1. The molecule has 3 aromatic carbocycles. The fourth-order valence-electron chi connectivity index (χ4n) is 4.73. The molecule has 0 unspecified atom stereocenters. The summed E-state index contributed by atoms with van der Waals surface area (Å²) in [4.78, 5) is 28.1. The number of rotatable bonds is 4. The van der Waals surface area contributed by atoms with Gasteiger partial charge in [0.25, 0.3) is 5.91 Å². The van der Waals surface area contributed by atoms with Gasteiger partial charge in [-0.05, 0) is 29.5 Å². The zero-order chi connectivity index (χ0) is 21.4. The van der Waals surface area contributed by atoms with E-state index in [9.17, 15) is 14.7 Å². The quantitative estimate of drug-likeness (QED) is 0.664. The first-order valence-corrected chi connectivity index (χ1v) is 10.5. The van der Waals surface area contributed by atoms with Crippen LogP contribution < -0.4 is 0 Å². The maximum atomic E-state index is 13.8. The summed E-state index contributed by atoms with van der Waals surface area (Å²) in [7, 11) is 0. The van der Waals surface area contributed by atoms with E-state index in [1.165, 1.54) is 4.90 Å². The lowest BCUT2D eigenvalue weighted by molar-refractivity contribution is -0.160. The molecule has 0 bridgehead atoms. The highest BCUT2D eigenvalue weighted by atomic mass is 16.5. The topological polar surface area (TPSA) is 66.8 Å². The number of amides is 1. The van der Waals surface area contributed by atoms with Crippen LogP contribution >= 0.6 is 0 Å². The van der Waals surface area contributed by atoms with Crippen molar-refractivity contribution in [3.63, 3.8) is 0 Å². The van der Waals surface area contributed by atoms with E-state index in [4.69, 9.17) is 4.74 Å². The second-order valence-electron chi connectivity index (χ2n) is 8.05. The summed E-state index contributed by atoms with van der Waals surface area (Å²) in [5, 5.41) is 11.8. The van der Waals surface area contributed by atoms with Crippen LogP contribution in [0.5, 0.6) is 0 Å². The van der Waals surface area contributed by atoms with Gasteiger partial charge in [-0.2, -0.15) is 0 Å². The van der Waals surface area contributed by atoms with Crippen molar-refractivity contribution in [1.29, 1.82) is 0 Å². The Bertz CT molecular complexity index is 1100. The normalized spacial score (nSPS) is 18.4. The predicted octanol–water partition coefficient (Wildman–Crippen LogP) is 3.64. The van der Waals surface area contributed by atoms with E-state index in [2.05, 4.69) is 0 Å². The second kappa shape index (κ2) is 7.67. The standard InChI is InChI=1S/C26H23NO4/c28-24(31-17-18-9-2-1-3-10-18)23-15-8-16-27(23)25(29)26(30)21-13-6-4-11-19(21)20-12-5-7-14-22(20)26/h1-7,9-14,23,30H,8,15-17H2/t23-/m0/s1. The summed E-state index contributed by atoms with van der Waals surface area (Å²) in [5.41, 5.74) is 1.89. The molecule has 1 amide bonds. The van der Waals surface area contributed by atoms with Crippen molar-refractivity contribution in [1.82, 2.24) is 4.90 Å². The van der Waals surface area contributed by atoms with Gasteiger partial charge in [-0.15, -0.1) is 0 Å². The molecule has 0 aromatic heterocycles. The fourth-order valence-corrected chi connectivity index (χ4v) is 4.73. The minimum absolute atomic E-state index is 0.161. The van der Waals surface area contributed by atoms with Gasteiger partial charge < -0.3 is 14.7 Å². The summed E-state index contributed by atoms with van der Waals surface area (Å²) in [6.45, 7) is 0.574. The third kappa shape index (κ3) is 3.13. The van der Waals surface area contributed by atoms with E-state index in [0.717, 1.165) is 16.7 Å². The van der Waals surface area contributed by atoms with Crippen LogP contribution in [0.15, 0.2) is 78.9 Å². The molecule has 1 saturated heterocycles. The maximum Gasteiger partial charge on any atom is 0.329 e. The lowest BCUT2D eigenvalue weighted by Crippen LogP contribution is -2.51. The minimum Gasteiger partial charge on any atom is -0.459 e. The number of hydrogen-bond donors (Lipinski definition) is 1. The van der Waals surface area contributed by atoms with Crippen molar-refractivity contribution in [3.8, 4) is 11.1 Å². The first kappa shape index (κ1) is 19.5. The molecule has 3 aromatic rings. The first-order valence-electron chi connectivity index (χ1n) is 10.5. The summed E-state index contributed by atoms with van der Waals surface area (Å²) in [5.74, 6) is -0.901. The van der Waals surface area contributed by atoms with Crippen LogP contribution in [0, 0.1) is 0 Å². The zero-order valence-electron chi connectivity index (χ0n) is 17.0. The highest BCUT2D eigenvalue weighted by molar-refractivity contribution is 6.00. The fraction of sp³-hybridized carbons (Fsp3) is 0.231. The van der Waals surface area contributed by atoms with E-state index in [0.29, 0.717) is 30.5 Å². The molecule has 1 atom stereocenters. The van der Waals surface area contributed by atoms with Gasteiger partial charge in [0.1, 0.15) is 12.6 Å². The number of esters is 1. The number of fused-ring (bicyclic) bond motifs is 3. The number of hydrogen-bond acceptors (Lipinski definition) is 4. The third-order valence-corrected chi connectivity index (χ3v) is 6.24. The van der Waals surface area contributed by atoms with Crippen LogP contribution in [0.25, 0.3) is 11.1 Å². The lowest BCUT2D eigenvalue weighted by Gasteiger charge is -2.32. The monoisotopic (exact) mass is 413 g/mol. The van der Waals surface area contributed by atoms with Gasteiger partial charge in [-0.3, -0.25) is 4.79 Å². The highest BCUT2D eigenvalue weighted by Crippen LogP contribution is 2.48. The first-order chi connectivity index (χ1) is 15.1. The van der Waals surface area contributed by atoms with Crippen molar-refractivity contribution in [2.75, 3.05) is 6.54 Å². The number of nitrogens with zero attached hydrogens (tertiary/aromatic N) is 1. The van der Waals surface area contributed by atoms with Crippen molar-refractivity contribution < 1.29 is 19.4 Å². The molecule has 0 spiro atoms. The number of aliphatic hydroxyl groups is 1. The molecule has 156 valence electrons. The summed E-state index contributed by atoms with van der Waals surface area (Å²) in [6.07, 6.45) is 1.22. The van der Waals surface area contributed by atoms with E-state index in [1.807, 2.05) is 66.7 Å². The predicted molar refractivity (Wildman–Crippen MR) is 116 cm³/mol.